The minimum atomic E-state index is -1.43. The lowest BCUT2D eigenvalue weighted by molar-refractivity contribution is -0.0473. The van der Waals surface area contributed by atoms with Gasteiger partial charge in [0.05, 0.1) is 6.10 Å². The fourth-order valence-electron chi connectivity index (χ4n) is 6.88. The summed E-state index contributed by atoms with van der Waals surface area (Å²) in [5.74, 6) is 3.93. The van der Waals surface area contributed by atoms with Gasteiger partial charge in [-0.1, -0.05) is 18.6 Å². The van der Waals surface area contributed by atoms with E-state index >= 15 is 0 Å². The third kappa shape index (κ3) is 2.78. The Bertz CT molecular complexity index is 491. The Morgan fingerprint density at radius 3 is 2.65 bits per heavy atom. The zero-order chi connectivity index (χ0) is 16.2. The number of hydrogen-bond donors (Lipinski definition) is 0. The van der Waals surface area contributed by atoms with E-state index in [9.17, 15) is 0 Å². The van der Waals surface area contributed by atoms with E-state index in [1.807, 2.05) is 5.57 Å². The fraction of sp³-hybridized carbons (Fsp3) is 0.905. The molecule has 2 heteroatoms. The molecule has 3 saturated carbocycles. The maximum absolute atomic E-state index is 6.68. The molecule has 0 aromatic carbocycles. The van der Waals surface area contributed by atoms with Crippen molar-refractivity contribution < 1.29 is 4.43 Å². The molecule has 0 heterocycles. The molecule has 0 bridgehead atoms. The van der Waals surface area contributed by atoms with Crippen molar-refractivity contribution in [3.05, 3.63) is 11.6 Å². The van der Waals surface area contributed by atoms with Crippen molar-refractivity contribution >= 4 is 8.32 Å². The lowest BCUT2D eigenvalue weighted by Crippen LogP contribution is -2.49. The predicted molar refractivity (Wildman–Crippen MR) is 99.9 cm³/mol. The molecule has 0 spiro atoms. The van der Waals surface area contributed by atoms with Gasteiger partial charge >= 0.3 is 0 Å². The van der Waals surface area contributed by atoms with Crippen LogP contribution in [0.15, 0.2) is 11.6 Å². The molecule has 0 saturated heterocycles. The van der Waals surface area contributed by atoms with Crippen molar-refractivity contribution in [2.24, 2.45) is 29.1 Å². The Morgan fingerprint density at radius 2 is 1.87 bits per heavy atom. The smallest absolute Gasteiger partial charge is 0.184 e. The zero-order valence-corrected chi connectivity index (χ0v) is 16.7. The summed E-state index contributed by atoms with van der Waals surface area (Å²) in [5, 5.41) is 0. The highest BCUT2D eigenvalue weighted by molar-refractivity contribution is 6.69. The molecule has 0 aromatic heterocycles. The van der Waals surface area contributed by atoms with Gasteiger partial charge < -0.3 is 4.43 Å². The van der Waals surface area contributed by atoms with E-state index in [1.165, 1.54) is 57.8 Å². The molecule has 6 atom stereocenters. The fourth-order valence-corrected chi connectivity index (χ4v) is 8.12. The van der Waals surface area contributed by atoms with Crippen molar-refractivity contribution in [3.63, 3.8) is 0 Å². The number of allylic oxidation sites excluding steroid dienone is 2. The van der Waals surface area contributed by atoms with Crippen LogP contribution in [0.5, 0.6) is 0 Å². The molecule has 0 amide bonds. The van der Waals surface area contributed by atoms with Crippen LogP contribution in [0.25, 0.3) is 0 Å². The average molecular weight is 333 g/mol. The minimum absolute atomic E-state index is 0.483. The largest absolute Gasteiger partial charge is 0.414 e. The normalized spacial score (nSPS) is 46.6. The van der Waals surface area contributed by atoms with E-state index in [0.717, 1.165) is 23.7 Å². The first-order chi connectivity index (χ1) is 10.9. The average Bonchev–Trinajstić information content (AvgIpc) is 2.82. The molecule has 3 fully saturated rings. The molecule has 0 N–H and O–H groups in total. The summed E-state index contributed by atoms with van der Waals surface area (Å²) < 4.78 is 6.68. The van der Waals surface area contributed by atoms with E-state index in [4.69, 9.17) is 4.43 Å². The second-order valence-corrected chi connectivity index (χ2v) is 14.6. The molecule has 23 heavy (non-hydrogen) atoms. The van der Waals surface area contributed by atoms with Crippen LogP contribution in [0.3, 0.4) is 0 Å². The van der Waals surface area contributed by atoms with Crippen molar-refractivity contribution in [1.29, 1.82) is 0 Å². The first-order valence-electron chi connectivity index (χ1n) is 10.3. The minimum Gasteiger partial charge on any atom is -0.414 e. The summed E-state index contributed by atoms with van der Waals surface area (Å²) in [5.41, 5.74) is 2.34. The second-order valence-electron chi connectivity index (χ2n) is 10.1. The Morgan fingerprint density at radius 1 is 1.04 bits per heavy atom. The quantitative estimate of drug-likeness (QED) is 0.434. The molecule has 4 rings (SSSR count). The Kier molecular flexibility index (Phi) is 4.08. The number of rotatable bonds is 2. The second kappa shape index (κ2) is 5.73. The summed E-state index contributed by atoms with van der Waals surface area (Å²) in [6.07, 6.45) is 16.0. The van der Waals surface area contributed by atoms with Crippen LogP contribution in [-0.4, -0.2) is 14.4 Å². The highest BCUT2D eigenvalue weighted by Gasteiger charge is 2.56. The highest BCUT2D eigenvalue weighted by Crippen LogP contribution is 2.62. The van der Waals surface area contributed by atoms with Crippen LogP contribution in [0, 0.1) is 29.1 Å². The van der Waals surface area contributed by atoms with Crippen molar-refractivity contribution in [2.45, 2.75) is 90.5 Å². The maximum Gasteiger partial charge on any atom is 0.184 e. The van der Waals surface area contributed by atoms with Gasteiger partial charge in [0.1, 0.15) is 0 Å². The topological polar surface area (TPSA) is 9.23 Å². The lowest BCUT2D eigenvalue weighted by Gasteiger charge is -2.54. The van der Waals surface area contributed by atoms with E-state index < -0.39 is 8.32 Å². The first-order valence-corrected chi connectivity index (χ1v) is 13.7. The summed E-state index contributed by atoms with van der Waals surface area (Å²) in [7, 11) is -1.43. The van der Waals surface area contributed by atoms with Gasteiger partial charge in [-0.3, -0.25) is 0 Å². The predicted octanol–water partition coefficient (Wildman–Crippen LogP) is 6.17. The first kappa shape index (κ1) is 16.4. The van der Waals surface area contributed by atoms with Gasteiger partial charge in [-0.15, -0.1) is 0 Å². The molecular weight excluding hydrogens is 296 g/mol. The van der Waals surface area contributed by atoms with Crippen LogP contribution in [-0.2, 0) is 4.43 Å². The zero-order valence-electron chi connectivity index (χ0n) is 15.7. The van der Waals surface area contributed by atoms with E-state index in [1.54, 1.807) is 0 Å². The van der Waals surface area contributed by atoms with E-state index in [0.29, 0.717) is 11.5 Å². The highest BCUT2D eigenvalue weighted by atomic mass is 28.4. The molecule has 0 aliphatic heterocycles. The molecule has 0 radical (unpaired) electrons. The monoisotopic (exact) mass is 332 g/mol. The third-order valence-corrected chi connectivity index (χ3v) is 8.78. The van der Waals surface area contributed by atoms with Crippen LogP contribution < -0.4 is 0 Å². The van der Waals surface area contributed by atoms with Crippen molar-refractivity contribution in [2.75, 3.05) is 0 Å². The summed E-state index contributed by atoms with van der Waals surface area (Å²) in [4.78, 5) is 0. The van der Waals surface area contributed by atoms with Gasteiger partial charge in [-0.05, 0) is 107 Å². The molecular formula is C21H36OSi. The van der Waals surface area contributed by atoms with Crippen molar-refractivity contribution in [3.8, 4) is 0 Å². The van der Waals surface area contributed by atoms with Gasteiger partial charge in [0.15, 0.2) is 8.32 Å². The van der Waals surface area contributed by atoms with Crippen LogP contribution >= 0.6 is 0 Å². The van der Waals surface area contributed by atoms with Gasteiger partial charge in [-0.2, -0.15) is 0 Å². The molecule has 1 unspecified atom stereocenters. The number of fused-ring (bicyclic) bond motifs is 5. The summed E-state index contributed by atoms with van der Waals surface area (Å²) >= 11 is 0. The molecule has 1 nitrogen and oxygen atoms in total. The molecule has 0 aromatic rings. The molecule has 130 valence electrons. The SMILES string of the molecule is C[C@]12CC[C@H]3[C@@H](CCC4=CCCC[C@@H]43)[C@@H]1CCC2O[Si](C)(C)C. The standard InChI is InChI=1S/C21H36OSi/c1-21-14-13-17-16-8-6-5-7-15(16)9-10-18(17)19(21)11-12-20(21)22-23(2,3)4/h7,16-20H,5-6,8-14H2,1-4H3/t16-,17+,18+,19-,20?,21-/m0/s1. The van der Waals surface area contributed by atoms with Gasteiger partial charge in [0.2, 0.25) is 0 Å². The Balaban J connectivity index is 1.55. The summed E-state index contributed by atoms with van der Waals surface area (Å²) in [6, 6.07) is 0. The molecule has 4 aliphatic rings. The Labute approximate surface area is 144 Å². The third-order valence-electron chi connectivity index (χ3n) is 7.79. The maximum atomic E-state index is 6.68. The van der Waals surface area contributed by atoms with Gasteiger partial charge in [0, 0.05) is 0 Å². The van der Waals surface area contributed by atoms with E-state index in [2.05, 4.69) is 32.6 Å². The van der Waals surface area contributed by atoms with Crippen LogP contribution in [0.4, 0.5) is 0 Å². The van der Waals surface area contributed by atoms with Gasteiger partial charge in [-0.25, -0.2) is 0 Å². The number of hydrogen-bond acceptors (Lipinski definition) is 1. The van der Waals surface area contributed by atoms with Crippen molar-refractivity contribution in [1.82, 2.24) is 0 Å². The van der Waals surface area contributed by atoms with Crippen LogP contribution in [0.1, 0.15) is 64.7 Å². The van der Waals surface area contributed by atoms with Crippen LogP contribution in [0.2, 0.25) is 19.6 Å². The van der Waals surface area contributed by atoms with E-state index in [-0.39, 0.29) is 0 Å². The Hall–Kier alpha value is -0.0831. The van der Waals surface area contributed by atoms with Gasteiger partial charge in [0.25, 0.3) is 0 Å². The molecule has 4 aliphatic carbocycles. The summed E-state index contributed by atoms with van der Waals surface area (Å²) in [6.45, 7) is 9.71. The lowest BCUT2D eigenvalue weighted by atomic mass is 9.52.